The molecule has 0 N–H and O–H groups in total. The van der Waals surface area contributed by atoms with Crippen molar-refractivity contribution >= 4 is 34.0 Å². The summed E-state index contributed by atoms with van der Waals surface area (Å²) >= 11 is 0. The molecule has 260 valence electrons. The number of fused-ring (bicyclic) bond motifs is 4. The second-order valence-corrected chi connectivity index (χ2v) is 14.7. The minimum Gasteiger partial charge on any atom is -0.313 e. The Morgan fingerprint density at radius 3 is 1.93 bits per heavy atom. The van der Waals surface area contributed by atoms with E-state index >= 15 is 0 Å². The van der Waals surface area contributed by atoms with Gasteiger partial charge in [-0.2, -0.15) is 0 Å². The van der Waals surface area contributed by atoms with Crippen molar-refractivity contribution in [3.05, 3.63) is 211 Å². The van der Waals surface area contributed by atoms with Gasteiger partial charge in [-0.1, -0.05) is 154 Å². The van der Waals surface area contributed by atoms with E-state index in [4.69, 9.17) is 0 Å². The first-order valence-electron chi connectivity index (χ1n) is 18.7. The van der Waals surface area contributed by atoms with Crippen LogP contribution in [-0.4, -0.2) is 4.57 Å². The third-order valence-electron chi connectivity index (χ3n) is 11.2. The van der Waals surface area contributed by atoms with Crippen molar-refractivity contribution in [3.8, 4) is 39.1 Å². The Hall–Kier alpha value is -6.64. The van der Waals surface area contributed by atoms with E-state index < -0.39 is 0 Å². The van der Waals surface area contributed by atoms with Crippen LogP contribution in [0.1, 0.15) is 36.2 Å². The van der Waals surface area contributed by atoms with Crippen LogP contribution < -0.4 is 4.90 Å². The molecule has 2 heteroatoms. The SMILES string of the molecule is C=C/C=C\c1c(C)n(-c2ccc(-c3ccc(N(c4cccc(-c5ccccc5)c4)c4ccc5c(c4)C(C)(C)c4ccccc4-5)cc3)cc2)c2ccccc12. The van der Waals surface area contributed by atoms with Gasteiger partial charge >= 0.3 is 0 Å². The summed E-state index contributed by atoms with van der Waals surface area (Å²) in [4.78, 5) is 2.40. The summed E-state index contributed by atoms with van der Waals surface area (Å²) in [5, 5.41) is 1.24. The molecular weight excluding hydrogens is 653 g/mol. The number of hydrogen-bond donors (Lipinski definition) is 0. The van der Waals surface area contributed by atoms with Crippen LogP contribution in [0.25, 0.3) is 56.0 Å². The molecule has 0 unspecified atom stereocenters. The van der Waals surface area contributed by atoms with Gasteiger partial charge in [0, 0.05) is 44.8 Å². The molecule has 0 saturated heterocycles. The summed E-state index contributed by atoms with van der Waals surface area (Å²) in [6.07, 6.45) is 6.00. The van der Waals surface area contributed by atoms with Gasteiger partial charge < -0.3 is 9.47 Å². The molecule has 8 aromatic rings. The Kier molecular flexibility index (Phi) is 8.24. The Morgan fingerprint density at radius 1 is 0.537 bits per heavy atom. The highest BCUT2D eigenvalue weighted by Gasteiger charge is 2.35. The zero-order valence-electron chi connectivity index (χ0n) is 31.0. The molecule has 9 rings (SSSR count). The molecule has 1 aliphatic carbocycles. The van der Waals surface area contributed by atoms with Crippen LogP contribution in [0.2, 0.25) is 0 Å². The normalized spacial score (nSPS) is 12.9. The standard InChI is InChI=1S/C52H42N2/c1-5-6-19-45-36(2)53(51-23-13-11-21-48(45)51)41-28-24-38(25-29-41)39-26-30-42(31-27-39)54(43-18-14-17-40(34-43)37-15-8-7-9-16-37)44-32-33-47-46-20-10-12-22-49(46)52(3,4)50(47)35-44/h5-35H,1H2,2-4H3/b19-6-. The van der Waals surface area contributed by atoms with Crippen LogP contribution in [-0.2, 0) is 5.41 Å². The lowest BCUT2D eigenvalue weighted by Crippen LogP contribution is -2.16. The molecule has 0 spiro atoms. The minimum absolute atomic E-state index is 0.0924. The number of aromatic nitrogens is 1. The average Bonchev–Trinajstić information content (AvgIpc) is 3.63. The lowest BCUT2D eigenvalue weighted by molar-refractivity contribution is 0.660. The van der Waals surface area contributed by atoms with Crippen LogP contribution in [0.3, 0.4) is 0 Å². The maximum Gasteiger partial charge on any atom is 0.0537 e. The number of nitrogens with zero attached hydrogens (tertiary/aromatic N) is 2. The van der Waals surface area contributed by atoms with Crippen molar-refractivity contribution in [1.82, 2.24) is 4.57 Å². The predicted molar refractivity (Wildman–Crippen MR) is 230 cm³/mol. The zero-order chi connectivity index (χ0) is 36.8. The van der Waals surface area contributed by atoms with E-state index in [-0.39, 0.29) is 5.41 Å². The Morgan fingerprint density at radius 2 is 1.15 bits per heavy atom. The zero-order valence-corrected chi connectivity index (χ0v) is 31.0. The maximum atomic E-state index is 3.88. The number of rotatable bonds is 8. The van der Waals surface area contributed by atoms with Crippen LogP contribution in [0.4, 0.5) is 17.1 Å². The van der Waals surface area contributed by atoms with Crippen molar-refractivity contribution < 1.29 is 0 Å². The first kappa shape index (κ1) is 33.2. The van der Waals surface area contributed by atoms with Gasteiger partial charge in [-0.05, 0) is 106 Å². The molecule has 1 aromatic heterocycles. The Bertz CT molecular complexity index is 2690. The Labute approximate surface area is 318 Å². The van der Waals surface area contributed by atoms with Crippen LogP contribution >= 0.6 is 0 Å². The largest absolute Gasteiger partial charge is 0.313 e. The second-order valence-electron chi connectivity index (χ2n) is 14.7. The van der Waals surface area contributed by atoms with Crippen LogP contribution in [0.15, 0.2) is 189 Å². The van der Waals surface area contributed by atoms with Gasteiger partial charge in [-0.25, -0.2) is 0 Å². The highest BCUT2D eigenvalue weighted by molar-refractivity contribution is 5.93. The molecule has 0 amide bonds. The van der Waals surface area contributed by atoms with E-state index in [0.717, 1.165) is 22.7 Å². The molecule has 0 atom stereocenters. The lowest BCUT2D eigenvalue weighted by atomic mass is 9.82. The molecule has 0 fully saturated rings. The lowest BCUT2D eigenvalue weighted by Gasteiger charge is -2.28. The summed E-state index contributed by atoms with van der Waals surface area (Å²) in [6, 6.07) is 61.9. The van der Waals surface area contributed by atoms with E-state index in [9.17, 15) is 0 Å². The van der Waals surface area contributed by atoms with Gasteiger partial charge in [-0.3, -0.25) is 0 Å². The molecule has 0 radical (unpaired) electrons. The van der Waals surface area contributed by atoms with Gasteiger partial charge in [0.25, 0.3) is 0 Å². The van der Waals surface area contributed by atoms with Crippen molar-refractivity contribution in [3.63, 3.8) is 0 Å². The molecule has 2 nitrogen and oxygen atoms in total. The number of hydrogen-bond acceptors (Lipinski definition) is 1. The monoisotopic (exact) mass is 694 g/mol. The molecule has 0 bridgehead atoms. The van der Waals surface area contributed by atoms with Gasteiger partial charge in [0.15, 0.2) is 0 Å². The molecular formula is C52H42N2. The second kappa shape index (κ2) is 13.4. The smallest absolute Gasteiger partial charge is 0.0537 e. The number of para-hydroxylation sites is 1. The molecule has 1 heterocycles. The molecule has 1 aliphatic rings. The van der Waals surface area contributed by atoms with Crippen molar-refractivity contribution in [2.75, 3.05) is 4.90 Å². The first-order valence-corrected chi connectivity index (χ1v) is 18.7. The summed E-state index contributed by atoms with van der Waals surface area (Å²) in [5.74, 6) is 0. The van der Waals surface area contributed by atoms with E-state index in [2.05, 4.69) is 213 Å². The summed E-state index contributed by atoms with van der Waals surface area (Å²) in [5.41, 5.74) is 18.2. The molecule has 54 heavy (non-hydrogen) atoms. The molecule has 7 aromatic carbocycles. The van der Waals surface area contributed by atoms with E-state index in [1.54, 1.807) is 0 Å². The fraction of sp³-hybridized carbons (Fsp3) is 0.0769. The molecule has 0 saturated carbocycles. The van der Waals surface area contributed by atoms with Crippen molar-refractivity contribution in [2.24, 2.45) is 0 Å². The van der Waals surface area contributed by atoms with Crippen LogP contribution in [0.5, 0.6) is 0 Å². The summed E-state index contributed by atoms with van der Waals surface area (Å²) < 4.78 is 2.35. The minimum atomic E-state index is -0.0924. The third-order valence-corrected chi connectivity index (χ3v) is 11.2. The van der Waals surface area contributed by atoms with E-state index in [1.807, 2.05) is 12.2 Å². The van der Waals surface area contributed by atoms with Gasteiger partial charge in [0.2, 0.25) is 0 Å². The highest BCUT2D eigenvalue weighted by Crippen LogP contribution is 2.50. The van der Waals surface area contributed by atoms with Gasteiger partial charge in [0.1, 0.15) is 0 Å². The number of anilines is 3. The molecule has 0 aliphatic heterocycles. The summed E-state index contributed by atoms with van der Waals surface area (Å²) in [6.45, 7) is 10.8. The highest BCUT2D eigenvalue weighted by atomic mass is 15.1. The maximum absolute atomic E-state index is 3.88. The quantitative estimate of drug-likeness (QED) is 0.144. The van der Waals surface area contributed by atoms with Crippen molar-refractivity contribution in [1.29, 1.82) is 0 Å². The number of allylic oxidation sites excluding steroid dienone is 2. The van der Waals surface area contributed by atoms with Crippen molar-refractivity contribution in [2.45, 2.75) is 26.2 Å². The van der Waals surface area contributed by atoms with E-state index in [0.29, 0.717) is 0 Å². The predicted octanol–water partition coefficient (Wildman–Crippen LogP) is 14.2. The first-order chi connectivity index (χ1) is 26.4. The fourth-order valence-corrected chi connectivity index (χ4v) is 8.44. The van der Waals surface area contributed by atoms with Gasteiger partial charge in [-0.15, -0.1) is 0 Å². The summed E-state index contributed by atoms with van der Waals surface area (Å²) in [7, 11) is 0. The van der Waals surface area contributed by atoms with E-state index in [1.165, 1.54) is 66.7 Å². The fourth-order valence-electron chi connectivity index (χ4n) is 8.44. The Balaban J connectivity index is 1.10. The van der Waals surface area contributed by atoms with Gasteiger partial charge in [0.05, 0.1) is 5.52 Å². The third kappa shape index (κ3) is 5.59. The topological polar surface area (TPSA) is 8.17 Å². The van der Waals surface area contributed by atoms with Crippen LogP contribution in [0, 0.1) is 6.92 Å². The number of benzene rings is 7. The average molecular weight is 695 g/mol.